The number of rotatable bonds is 6. The van der Waals surface area contributed by atoms with Gasteiger partial charge in [-0.15, -0.1) is 0 Å². The normalized spacial score (nSPS) is 22.6. The first kappa shape index (κ1) is 15.0. The van der Waals surface area contributed by atoms with Crippen LogP contribution in [0.15, 0.2) is 6.07 Å². The second-order valence-corrected chi connectivity index (χ2v) is 5.50. The molecule has 0 unspecified atom stereocenters. The molecule has 0 aromatic carbocycles. The lowest BCUT2D eigenvalue weighted by atomic mass is 9.91. The van der Waals surface area contributed by atoms with Crippen molar-refractivity contribution in [1.82, 2.24) is 15.3 Å². The molecule has 0 bridgehead atoms. The Balaban J connectivity index is 1.93. The van der Waals surface area contributed by atoms with Gasteiger partial charge in [0.15, 0.2) is 0 Å². The van der Waals surface area contributed by atoms with Crippen molar-refractivity contribution in [2.75, 3.05) is 19.0 Å². The molecule has 0 atom stereocenters. The number of aromatic nitrogens is 2. The lowest BCUT2D eigenvalue weighted by molar-refractivity contribution is 0.304. The molecule has 5 nitrogen and oxygen atoms in total. The lowest BCUT2D eigenvalue weighted by Gasteiger charge is -2.28. The van der Waals surface area contributed by atoms with Gasteiger partial charge in [0, 0.05) is 23.8 Å². The van der Waals surface area contributed by atoms with Crippen LogP contribution in [-0.2, 0) is 0 Å². The first-order chi connectivity index (χ1) is 9.71. The van der Waals surface area contributed by atoms with Crippen molar-refractivity contribution in [3.8, 4) is 5.88 Å². The van der Waals surface area contributed by atoms with Crippen molar-refractivity contribution < 1.29 is 4.74 Å². The lowest BCUT2D eigenvalue weighted by Crippen LogP contribution is -2.35. The fourth-order valence-corrected chi connectivity index (χ4v) is 2.59. The molecule has 112 valence electrons. The minimum absolute atomic E-state index is 0.473. The van der Waals surface area contributed by atoms with E-state index in [0.717, 1.165) is 25.0 Å². The third-order valence-electron chi connectivity index (χ3n) is 3.75. The van der Waals surface area contributed by atoms with Crippen LogP contribution in [0.4, 0.5) is 5.95 Å². The van der Waals surface area contributed by atoms with E-state index in [4.69, 9.17) is 4.74 Å². The summed E-state index contributed by atoms with van der Waals surface area (Å²) < 4.78 is 5.60. The van der Waals surface area contributed by atoms with E-state index in [1.807, 2.05) is 20.0 Å². The third-order valence-corrected chi connectivity index (χ3v) is 3.75. The third kappa shape index (κ3) is 4.34. The van der Waals surface area contributed by atoms with Crippen molar-refractivity contribution in [2.24, 2.45) is 0 Å². The zero-order chi connectivity index (χ0) is 14.4. The summed E-state index contributed by atoms with van der Waals surface area (Å²) in [5.41, 5.74) is 0.942. The highest BCUT2D eigenvalue weighted by Crippen LogP contribution is 2.22. The summed E-state index contributed by atoms with van der Waals surface area (Å²) in [5.74, 6) is 1.37. The molecular weight excluding hydrogens is 252 g/mol. The summed E-state index contributed by atoms with van der Waals surface area (Å²) >= 11 is 0. The Morgan fingerprint density at radius 1 is 1.20 bits per heavy atom. The van der Waals surface area contributed by atoms with Crippen molar-refractivity contribution >= 4 is 5.95 Å². The van der Waals surface area contributed by atoms with Gasteiger partial charge in [0.2, 0.25) is 11.8 Å². The van der Waals surface area contributed by atoms with Crippen molar-refractivity contribution in [2.45, 2.75) is 58.0 Å². The second kappa shape index (κ2) is 7.43. The maximum atomic E-state index is 5.60. The molecule has 1 fully saturated rings. The monoisotopic (exact) mass is 278 g/mol. The Hall–Kier alpha value is -1.36. The molecule has 0 aliphatic heterocycles. The highest BCUT2D eigenvalue weighted by Gasteiger charge is 2.20. The van der Waals surface area contributed by atoms with Crippen LogP contribution in [-0.4, -0.2) is 35.7 Å². The highest BCUT2D eigenvalue weighted by molar-refractivity contribution is 5.31. The average Bonchev–Trinajstić information content (AvgIpc) is 2.45. The fourth-order valence-electron chi connectivity index (χ4n) is 2.59. The number of anilines is 1. The van der Waals surface area contributed by atoms with Gasteiger partial charge < -0.3 is 15.4 Å². The number of nitrogens with zero attached hydrogens (tertiary/aromatic N) is 2. The van der Waals surface area contributed by atoms with Gasteiger partial charge in [0.1, 0.15) is 0 Å². The van der Waals surface area contributed by atoms with Crippen LogP contribution in [0.5, 0.6) is 5.88 Å². The van der Waals surface area contributed by atoms with Crippen LogP contribution in [0, 0.1) is 6.92 Å². The molecule has 1 saturated carbocycles. The van der Waals surface area contributed by atoms with Gasteiger partial charge in [-0.1, -0.05) is 6.92 Å². The summed E-state index contributed by atoms with van der Waals surface area (Å²) in [5, 5.41) is 6.80. The van der Waals surface area contributed by atoms with Gasteiger partial charge in [0.25, 0.3) is 0 Å². The largest absolute Gasteiger partial charge is 0.478 e. The predicted octanol–water partition coefficient (Wildman–Crippen LogP) is 2.52. The first-order valence-electron chi connectivity index (χ1n) is 7.63. The standard InChI is InChI=1S/C15H26N4O/c1-4-9-20-14-10-11(2)17-15(19-14)18-13-7-5-12(16-3)6-8-13/h10,12-13,16H,4-9H2,1-3H3,(H,17,18,19). The van der Waals surface area contributed by atoms with Gasteiger partial charge in [0.05, 0.1) is 6.61 Å². The molecule has 0 amide bonds. The zero-order valence-corrected chi connectivity index (χ0v) is 12.8. The highest BCUT2D eigenvalue weighted by atomic mass is 16.5. The minimum atomic E-state index is 0.473. The van der Waals surface area contributed by atoms with Crippen molar-refractivity contribution in [3.63, 3.8) is 0 Å². The topological polar surface area (TPSA) is 59.1 Å². The molecule has 0 spiro atoms. The van der Waals surface area contributed by atoms with E-state index in [2.05, 4.69) is 27.5 Å². The Morgan fingerprint density at radius 3 is 2.55 bits per heavy atom. The summed E-state index contributed by atoms with van der Waals surface area (Å²) in [6, 6.07) is 3.02. The number of hydrogen-bond donors (Lipinski definition) is 2. The van der Waals surface area contributed by atoms with Gasteiger partial charge in [-0.05, 0) is 46.1 Å². The number of aryl methyl sites for hydroxylation is 1. The molecule has 0 radical (unpaired) electrons. The molecule has 5 heteroatoms. The molecular formula is C15H26N4O. The van der Waals surface area contributed by atoms with Gasteiger partial charge >= 0.3 is 0 Å². The summed E-state index contributed by atoms with van der Waals surface area (Å²) in [6.45, 7) is 4.76. The molecule has 0 saturated heterocycles. The maximum Gasteiger partial charge on any atom is 0.226 e. The van der Waals surface area contributed by atoms with Crippen molar-refractivity contribution in [3.05, 3.63) is 11.8 Å². The van der Waals surface area contributed by atoms with E-state index in [1.165, 1.54) is 12.8 Å². The Labute approximate surface area is 121 Å². The smallest absolute Gasteiger partial charge is 0.226 e. The molecule has 1 aromatic heterocycles. The second-order valence-electron chi connectivity index (χ2n) is 5.50. The molecule has 2 N–H and O–H groups in total. The van der Waals surface area contributed by atoms with E-state index in [0.29, 0.717) is 30.5 Å². The Kier molecular flexibility index (Phi) is 5.59. The van der Waals surface area contributed by atoms with E-state index in [1.54, 1.807) is 0 Å². The number of nitrogens with one attached hydrogen (secondary N) is 2. The maximum absolute atomic E-state index is 5.60. The quantitative estimate of drug-likeness (QED) is 0.837. The van der Waals surface area contributed by atoms with Crippen LogP contribution in [0.1, 0.15) is 44.7 Å². The van der Waals surface area contributed by atoms with E-state index >= 15 is 0 Å². The summed E-state index contributed by atoms with van der Waals surface area (Å²) in [4.78, 5) is 8.90. The fraction of sp³-hybridized carbons (Fsp3) is 0.733. The summed E-state index contributed by atoms with van der Waals surface area (Å²) in [7, 11) is 2.04. The SMILES string of the molecule is CCCOc1cc(C)nc(NC2CCC(NC)CC2)n1. The first-order valence-corrected chi connectivity index (χ1v) is 7.63. The van der Waals surface area contributed by atoms with Crippen LogP contribution in [0.2, 0.25) is 0 Å². The summed E-state index contributed by atoms with van der Waals surface area (Å²) in [6.07, 6.45) is 5.72. The average molecular weight is 278 g/mol. The Morgan fingerprint density at radius 2 is 1.90 bits per heavy atom. The van der Waals surface area contributed by atoms with E-state index in [9.17, 15) is 0 Å². The molecule has 1 aliphatic carbocycles. The van der Waals surface area contributed by atoms with Gasteiger partial charge in [-0.2, -0.15) is 4.98 Å². The predicted molar refractivity (Wildman–Crippen MR) is 81.3 cm³/mol. The van der Waals surface area contributed by atoms with Crippen LogP contribution in [0.25, 0.3) is 0 Å². The van der Waals surface area contributed by atoms with E-state index < -0.39 is 0 Å². The molecule has 20 heavy (non-hydrogen) atoms. The molecule has 2 rings (SSSR count). The number of ether oxygens (including phenoxy) is 1. The molecule has 1 aliphatic rings. The van der Waals surface area contributed by atoms with Crippen LogP contribution >= 0.6 is 0 Å². The van der Waals surface area contributed by atoms with E-state index in [-0.39, 0.29) is 0 Å². The zero-order valence-electron chi connectivity index (χ0n) is 12.8. The van der Waals surface area contributed by atoms with Gasteiger partial charge in [-0.3, -0.25) is 0 Å². The molecule has 1 aromatic rings. The van der Waals surface area contributed by atoms with Crippen LogP contribution < -0.4 is 15.4 Å². The molecule has 1 heterocycles. The number of hydrogen-bond acceptors (Lipinski definition) is 5. The Bertz CT molecular complexity index is 416. The van der Waals surface area contributed by atoms with Crippen molar-refractivity contribution in [1.29, 1.82) is 0 Å². The minimum Gasteiger partial charge on any atom is -0.478 e. The van der Waals surface area contributed by atoms with Gasteiger partial charge in [-0.25, -0.2) is 4.98 Å². The van der Waals surface area contributed by atoms with Crippen LogP contribution in [0.3, 0.4) is 0 Å².